The van der Waals surface area contributed by atoms with E-state index in [-0.39, 0.29) is 0 Å². The number of nitrogens with one attached hydrogen (secondary N) is 2. The van der Waals surface area contributed by atoms with Gasteiger partial charge in [-0.25, -0.2) is 13.1 Å². The van der Waals surface area contributed by atoms with Crippen molar-refractivity contribution in [2.24, 2.45) is 4.99 Å². The molecule has 1 aromatic rings. The first-order chi connectivity index (χ1) is 13.1. The number of aliphatic imine (C=N–C) groups is 1. The molecule has 1 fully saturated rings. The number of hydrogen-bond acceptors (Lipinski definition) is 4. The van der Waals surface area contributed by atoms with Crippen LogP contribution in [0.1, 0.15) is 23.7 Å². The topological polar surface area (TPSA) is 83.0 Å². The molecule has 1 unspecified atom stereocenters. The molecule has 0 aromatic heterocycles. The minimum Gasteiger partial charge on any atom is -0.370 e. The lowest BCUT2D eigenvalue weighted by molar-refractivity contribution is -0.137. The molecule has 1 saturated heterocycles. The van der Waals surface area contributed by atoms with Crippen LogP contribution in [-0.4, -0.2) is 65.4 Å². The second kappa shape index (κ2) is 9.57. The van der Waals surface area contributed by atoms with Crippen LogP contribution in [-0.2, 0) is 20.9 Å². The van der Waals surface area contributed by atoms with Gasteiger partial charge < -0.3 is 15.0 Å². The maximum atomic E-state index is 12.9. The van der Waals surface area contributed by atoms with Crippen LogP contribution in [0.5, 0.6) is 0 Å². The summed E-state index contributed by atoms with van der Waals surface area (Å²) >= 11 is 0. The molecule has 2 rings (SSSR count). The van der Waals surface area contributed by atoms with Crippen molar-refractivity contribution in [2.45, 2.75) is 18.7 Å². The SMILES string of the molecule is CN=C(NCCCNS(C)(=O)=O)N1CCOC(c2cccc(C(F)(F)F)c2)C1. The van der Waals surface area contributed by atoms with Crippen LogP contribution in [0.3, 0.4) is 0 Å². The van der Waals surface area contributed by atoms with Crippen molar-refractivity contribution in [2.75, 3.05) is 46.1 Å². The van der Waals surface area contributed by atoms with Crippen molar-refractivity contribution >= 4 is 16.0 Å². The number of sulfonamides is 1. The Hall–Kier alpha value is -1.85. The average molecular weight is 422 g/mol. The molecule has 0 amide bonds. The van der Waals surface area contributed by atoms with Gasteiger partial charge >= 0.3 is 6.18 Å². The van der Waals surface area contributed by atoms with Gasteiger partial charge in [0.05, 0.1) is 25.0 Å². The van der Waals surface area contributed by atoms with Crippen molar-refractivity contribution in [1.29, 1.82) is 0 Å². The fraction of sp³-hybridized carbons (Fsp3) is 0.588. The van der Waals surface area contributed by atoms with Crippen molar-refractivity contribution in [3.8, 4) is 0 Å². The smallest absolute Gasteiger partial charge is 0.370 e. The Morgan fingerprint density at radius 1 is 1.36 bits per heavy atom. The zero-order valence-corrected chi connectivity index (χ0v) is 16.6. The number of benzene rings is 1. The lowest BCUT2D eigenvalue weighted by Gasteiger charge is -2.35. The Bertz CT molecular complexity index is 784. The fourth-order valence-electron chi connectivity index (χ4n) is 2.84. The molecule has 0 aliphatic carbocycles. The highest BCUT2D eigenvalue weighted by molar-refractivity contribution is 7.88. The minimum atomic E-state index is -4.40. The molecule has 0 saturated carbocycles. The van der Waals surface area contributed by atoms with Crippen LogP contribution in [0.15, 0.2) is 29.3 Å². The van der Waals surface area contributed by atoms with Gasteiger partial charge in [-0.2, -0.15) is 13.2 Å². The summed E-state index contributed by atoms with van der Waals surface area (Å²) in [6.45, 7) is 2.08. The van der Waals surface area contributed by atoms with Crippen LogP contribution >= 0.6 is 0 Å². The number of halogens is 3. The van der Waals surface area contributed by atoms with Crippen LogP contribution in [0.2, 0.25) is 0 Å². The van der Waals surface area contributed by atoms with E-state index in [2.05, 4.69) is 15.0 Å². The molecule has 28 heavy (non-hydrogen) atoms. The van der Waals surface area contributed by atoms with Crippen molar-refractivity contribution in [1.82, 2.24) is 14.9 Å². The third-order valence-electron chi connectivity index (χ3n) is 4.16. The van der Waals surface area contributed by atoms with Gasteiger partial charge in [0.2, 0.25) is 10.0 Å². The highest BCUT2D eigenvalue weighted by Crippen LogP contribution is 2.32. The van der Waals surface area contributed by atoms with Gasteiger partial charge in [0.25, 0.3) is 0 Å². The molecule has 1 aliphatic heterocycles. The van der Waals surface area contributed by atoms with Gasteiger partial charge in [-0.05, 0) is 24.1 Å². The van der Waals surface area contributed by atoms with E-state index in [1.54, 1.807) is 13.1 Å². The van der Waals surface area contributed by atoms with Crippen LogP contribution in [0.4, 0.5) is 13.2 Å². The zero-order valence-electron chi connectivity index (χ0n) is 15.8. The van der Waals surface area contributed by atoms with E-state index in [9.17, 15) is 21.6 Å². The fourth-order valence-corrected chi connectivity index (χ4v) is 3.35. The van der Waals surface area contributed by atoms with Crippen molar-refractivity contribution < 1.29 is 26.3 Å². The van der Waals surface area contributed by atoms with Gasteiger partial charge in [-0.15, -0.1) is 0 Å². The van der Waals surface area contributed by atoms with Crippen molar-refractivity contribution in [3.63, 3.8) is 0 Å². The molecule has 7 nitrogen and oxygen atoms in total. The first-order valence-corrected chi connectivity index (χ1v) is 10.7. The predicted octanol–water partition coefficient (Wildman–Crippen LogP) is 1.59. The molecular formula is C17H25F3N4O3S. The third kappa shape index (κ3) is 6.95. The number of morpholine rings is 1. The summed E-state index contributed by atoms with van der Waals surface area (Å²) in [7, 11) is -1.60. The predicted molar refractivity (Wildman–Crippen MR) is 101 cm³/mol. The molecule has 11 heteroatoms. The quantitative estimate of drug-likeness (QED) is 0.413. The Labute approximate surface area is 163 Å². The monoisotopic (exact) mass is 422 g/mol. The van der Waals surface area contributed by atoms with E-state index in [0.717, 1.165) is 18.4 Å². The summed E-state index contributed by atoms with van der Waals surface area (Å²) in [5.74, 6) is 0.597. The molecule has 1 aromatic carbocycles. The number of rotatable bonds is 6. The second-order valence-electron chi connectivity index (χ2n) is 6.42. The molecule has 0 spiro atoms. The van der Waals surface area contributed by atoms with E-state index < -0.39 is 27.9 Å². The molecule has 158 valence electrons. The number of alkyl halides is 3. The van der Waals surface area contributed by atoms with E-state index in [1.807, 2.05) is 4.90 Å². The third-order valence-corrected chi connectivity index (χ3v) is 4.89. The summed E-state index contributed by atoms with van der Waals surface area (Å²) in [5.41, 5.74) is -0.237. The van der Waals surface area contributed by atoms with Crippen LogP contribution < -0.4 is 10.0 Å². The highest BCUT2D eigenvalue weighted by atomic mass is 32.2. The molecule has 1 aliphatic rings. The largest absolute Gasteiger partial charge is 0.416 e. The lowest BCUT2D eigenvalue weighted by atomic mass is 10.0. The number of guanidine groups is 1. The van der Waals surface area contributed by atoms with Gasteiger partial charge in [-0.1, -0.05) is 12.1 Å². The van der Waals surface area contributed by atoms with Gasteiger partial charge in [0, 0.05) is 26.7 Å². The maximum Gasteiger partial charge on any atom is 0.416 e. The highest BCUT2D eigenvalue weighted by Gasteiger charge is 2.32. The van der Waals surface area contributed by atoms with Crippen molar-refractivity contribution in [3.05, 3.63) is 35.4 Å². The maximum absolute atomic E-state index is 12.9. The van der Waals surface area contributed by atoms with Gasteiger partial charge in [0.1, 0.15) is 6.10 Å². The molecular weight excluding hydrogens is 397 g/mol. The summed E-state index contributed by atoms with van der Waals surface area (Å²) in [5, 5.41) is 3.14. The lowest BCUT2D eigenvalue weighted by Crippen LogP contribution is -2.48. The summed E-state index contributed by atoms with van der Waals surface area (Å²) in [4.78, 5) is 6.12. The van der Waals surface area contributed by atoms with E-state index in [1.165, 1.54) is 6.07 Å². The minimum absolute atomic E-state index is 0.304. The number of hydrogen-bond donors (Lipinski definition) is 2. The Morgan fingerprint density at radius 2 is 2.11 bits per heavy atom. The van der Waals surface area contributed by atoms with Gasteiger partial charge in [-0.3, -0.25) is 4.99 Å². The van der Waals surface area contributed by atoms with Crippen LogP contribution in [0.25, 0.3) is 0 Å². The Kier molecular flexibility index (Phi) is 7.67. The summed E-state index contributed by atoms with van der Waals surface area (Å²) in [6, 6.07) is 5.15. The number of ether oxygens (including phenoxy) is 1. The summed E-state index contributed by atoms with van der Waals surface area (Å²) in [6.07, 6.45) is -3.24. The molecule has 0 radical (unpaired) electrons. The molecule has 2 N–H and O–H groups in total. The molecule has 0 bridgehead atoms. The van der Waals surface area contributed by atoms with E-state index in [0.29, 0.717) is 50.7 Å². The molecule has 1 heterocycles. The van der Waals surface area contributed by atoms with E-state index >= 15 is 0 Å². The van der Waals surface area contributed by atoms with Gasteiger partial charge in [0.15, 0.2) is 5.96 Å². The standard InChI is InChI=1S/C17H25F3N4O3S/c1-21-16(22-7-4-8-23-28(2,25)26)24-9-10-27-15(12-24)13-5-3-6-14(11-13)17(18,19)20/h3,5-6,11,15,23H,4,7-10,12H2,1-2H3,(H,21,22). The van der Waals surface area contributed by atoms with Crippen LogP contribution in [0, 0.1) is 0 Å². The van der Waals surface area contributed by atoms with E-state index in [4.69, 9.17) is 4.74 Å². The first kappa shape index (κ1) is 22.4. The first-order valence-electron chi connectivity index (χ1n) is 8.79. The normalized spacial score (nSPS) is 19.0. The Balaban J connectivity index is 1.94. The second-order valence-corrected chi connectivity index (χ2v) is 8.26. The molecule has 1 atom stereocenters. The Morgan fingerprint density at radius 3 is 2.75 bits per heavy atom. The number of nitrogens with zero attached hydrogens (tertiary/aromatic N) is 2. The average Bonchev–Trinajstić information content (AvgIpc) is 2.63. The summed E-state index contributed by atoms with van der Waals surface area (Å²) < 4.78 is 69.0. The zero-order chi connectivity index (χ0) is 20.8.